The molecule has 1 aliphatic rings. The molecule has 0 unspecified atom stereocenters. The van der Waals surface area contributed by atoms with Crippen molar-refractivity contribution < 1.29 is 0 Å². The molecule has 0 aromatic carbocycles. The van der Waals surface area contributed by atoms with Crippen LogP contribution in [0.1, 0.15) is 13.3 Å². The molecule has 1 aliphatic carbocycles. The quantitative estimate of drug-likeness (QED) is 0.519. The fourth-order valence-corrected chi connectivity index (χ4v) is 0.743. The Morgan fingerprint density at radius 3 is 3.00 bits per heavy atom. The van der Waals surface area contributed by atoms with E-state index in [4.69, 9.17) is 5.73 Å². The minimum absolute atomic E-state index is 0.903. The van der Waals surface area contributed by atoms with Crippen LogP contribution in [0.15, 0.2) is 35.6 Å². The van der Waals surface area contributed by atoms with E-state index in [0.29, 0.717) is 0 Å². The zero-order valence-electron chi connectivity index (χ0n) is 5.59. The minimum Gasteiger partial charge on any atom is -0.399 e. The third kappa shape index (κ3) is 1.46. The molecule has 0 saturated heterocycles. The molecule has 2 N–H and O–H groups in total. The van der Waals surface area contributed by atoms with Crippen LogP contribution in [-0.4, -0.2) is 0 Å². The maximum Gasteiger partial charge on any atom is 0.0306 e. The molecule has 0 aromatic heterocycles. The van der Waals surface area contributed by atoms with Gasteiger partial charge in [0.1, 0.15) is 0 Å². The standard InChI is InChI=1S/C8H11N/c1-7-5-3-2-4-6-8(7)9/h2-4,6H,5,9H2,1H3. The molecule has 1 rings (SSSR count). The van der Waals surface area contributed by atoms with Crippen LogP contribution in [0.2, 0.25) is 0 Å². The molecule has 0 bridgehead atoms. The lowest BCUT2D eigenvalue weighted by atomic mass is 10.2. The summed E-state index contributed by atoms with van der Waals surface area (Å²) >= 11 is 0. The van der Waals surface area contributed by atoms with Crippen LogP contribution in [0, 0.1) is 0 Å². The summed E-state index contributed by atoms with van der Waals surface area (Å²) in [5.74, 6) is 0. The Morgan fingerprint density at radius 1 is 1.44 bits per heavy atom. The highest BCUT2D eigenvalue weighted by Gasteiger charge is 1.92. The highest BCUT2D eigenvalue weighted by Crippen LogP contribution is 2.08. The first-order chi connectivity index (χ1) is 4.30. The largest absolute Gasteiger partial charge is 0.399 e. The number of nitrogens with two attached hydrogens (primary N) is 1. The van der Waals surface area contributed by atoms with Gasteiger partial charge in [0.25, 0.3) is 0 Å². The van der Waals surface area contributed by atoms with Crippen LogP contribution in [0.25, 0.3) is 0 Å². The third-order valence-corrected chi connectivity index (χ3v) is 1.44. The molecule has 0 fully saturated rings. The van der Waals surface area contributed by atoms with Gasteiger partial charge < -0.3 is 5.73 Å². The van der Waals surface area contributed by atoms with Crippen LogP contribution in [0.4, 0.5) is 0 Å². The number of hydrogen-bond acceptors (Lipinski definition) is 1. The van der Waals surface area contributed by atoms with Crippen LogP contribution in [0.5, 0.6) is 0 Å². The first kappa shape index (κ1) is 6.14. The van der Waals surface area contributed by atoms with Crippen molar-refractivity contribution in [2.24, 2.45) is 5.73 Å². The van der Waals surface area contributed by atoms with Crippen LogP contribution < -0.4 is 5.73 Å². The Balaban J connectivity index is 2.85. The second-order valence-electron chi connectivity index (χ2n) is 2.23. The van der Waals surface area contributed by atoms with E-state index >= 15 is 0 Å². The SMILES string of the molecule is CC1=C(N)C=CC=CC1. The van der Waals surface area contributed by atoms with Crippen molar-refractivity contribution in [2.45, 2.75) is 13.3 Å². The van der Waals surface area contributed by atoms with Gasteiger partial charge in [-0.2, -0.15) is 0 Å². The normalized spacial score (nSPS) is 18.3. The molecule has 0 radical (unpaired) electrons. The number of hydrogen-bond donors (Lipinski definition) is 1. The zero-order chi connectivity index (χ0) is 6.69. The molecule has 1 nitrogen and oxygen atoms in total. The fourth-order valence-electron chi connectivity index (χ4n) is 0.743. The maximum atomic E-state index is 5.63. The van der Waals surface area contributed by atoms with Gasteiger partial charge >= 0.3 is 0 Å². The van der Waals surface area contributed by atoms with E-state index in [1.807, 2.05) is 18.2 Å². The topological polar surface area (TPSA) is 26.0 Å². The third-order valence-electron chi connectivity index (χ3n) is 1.44. The van der Waals surface area contributed by atoms with Gasteiger partial charge in [-0.25, -0.2) is 0 Å². The summed E-state index contributed by atoms with van der Waals surface area (Å²) in [5, 5.41) is 0. The van der Waals surface area contributed by atoms with Crippen molar-refractivity contribution in [2.75, 3.05) is 0 Å². The summed E-state index contributed by atoms with van der Waals surface area (Å²) in [6.45, 7) is 2.05. The van der Waals surface area contributed by atoms with E-state index in [1.165, 1.54) is 5.57 Å². The molecule has 0 amide bonds. The molecule has 0 spiro atoms. The van der Waals surface area contributed by atoms with Gasteiger partial charge in [-0.3, -0.25) is 0 Å². The van der Waals surface area contributed by atoms with Crippen LogP contribution >= 0.6 is 0 Å². The highest BCUT2D eigenvalue weighted by atomic mass is 14.6. The maximum absolute atomic E-state index is 5.63. The lowest BCUT2D eigenvalue weighted by Gasteiger charge is -1.96. The Morgan fingerprint density at radius 2 is 2.22 bits per heavy atom. The first-order valence-electron chi connectivity index (χ1n) is 3.09. The van der Waals surface area contributed by atoms with Gasteiger partial charge in [-0.15, -0.1) is 0 Å². The fraction of sp³-hybridized carbons (Fsp3) is 0.250. The van der Waals surface area contributed by atoms with Gasteiger partial charge in [-0.05, 0) is 25.0 Å². The van der Waals surface area contributed by atoms with Gasteiger partial charge in [0.15, 0.2) is 0 Å². The van der Waals surface area contributed by atoms with Crippen LogP contribution in [-0.2, 0) is 0 Å². The molecule has 1 heteroatoms. The van der Waals surface area contributed by atoms with Crippen molar-refractivity contribution in [3.8, 4) is 0 Å². The summed E-state index contributed by atoms with van der Waals surface area (Å²) in [4.78, 5) is 0. The predicted octanol–water partition coefficient (Wildman–Crippen LogP) is 1.74. The molecule has 0 heterocycles. The van der Waals surface area contributed by atoms with E-state index in [2.05, 4.69) is 13.0 Å². The minimum atomic E-state index is 0.903. The van der Waals surface area contributed by atoms with E-state index < -0.39 is 0 Å². The van der Waals surface area contributed by atoms with Crippen molar-refractivity contribution in [1.29, 1.82) is 0 Å². The molecular weight excluding hydrogens is 110 g/mol. The second-order valence-corrected chi connectivity index (χ2v) is 2.23. The molecule has 0 saturated carbocycles. The van der Waals surface area contributed by atoms with E-state index in [-0.39, 0.29) is 0 Å². The van der Waals surface area contributed by atoms with Gasteiger partial charge in [-0.1, -0.05) is 18.2 Å². The van der Waals surface area contributed by atoms with E-state index in [0.717, 1.165) is 12.1 Å². The van der Waals surface area contributed by atoms with Crippen LogP contribution in [0.3, 0.4) is 0 Å². The van der Waals surface area contributed by atoms with Crippen molar-refractivity contribution >= 4 is 0 Å². The molecule has 48 valence electrons. The van der Waals surface area contributed by atoms with E-state index in [1.54, 1.807) is 0 Å². The summed E-state index contributed by atoms with van der Waals surface area (Å²) in [6, 6.07) is 0. The zero-order valence-corrected chi connectivity index (χ0v) is 5.59. The molecule has 9 heavy (non-hydrogen) atoms. The smallest absolute Gasteiger partial charge is 0.0306 e. The summed E-state index contributed by atoms with van der Waals surface area (Å²) in [5.41, 5.74) is 7.78. The van der Waals surface area contributed by atoms with Gasteiger partial charge in [0, 0.05) is 5.70 Å². The summed E-state index contributed by atoms with van der Waals surface area (Å²) < 4.78 is 0. The predicted molar refractivity (Wildman–Crippen MR) is 39.8 cm³/mol. The Kier molecular flexibility index (Phi) is 1.73. The summed E-state index contributed by atoms with van der Waals surface area (Å²) in [6.07, 6.45) is 9.00. The van der Waals surface area contributed by atoms with Gasteiger partial charge in [0.2, 0.25) is 0 Å². The Hall–Kier alpha value is -0.980. The molecular formula is C8H11N. The van der Waals surface area contributed by atoms with Crippen molar-refractivity contribution in [3.05, 3.63) is 35.6 Å². The average Bonchev–Trinajstić information content (AvgIpc) is 1.99. The molecule has 0 aromatic rings. The Labute approximate surface area is 55.6 Å². The lowest BCUT2D eigenvalue weighted by molar-refractivity contribution is 1.15. The summed E-state index contributed by atoms with van der Waals surface area (Å²) in [7, 11) is 0. The number of allylic oxidation sites excluding steroid dienone is 5. The first-order valence-corrected chi connectivity index (χ1v) is 3.09. The van der Waals surface area contributed by atoms with Crippen molar-refractivity contribution in [3.63, 3.8) is 0 Å². The molecule has 0 atom stereocenters. The van der Waals surface area contributed by atoms with E-state index in [9.17, 15) is 0 Å². The Bertz CT molecular complexity index is 185. The lowest BCUT2D eigenvalue weighted by Crippen LogP contribution is -1.95. The monoisotopic (exact) mass is 121 g/mol. The number of rotatable bonds is 0. The molecule has 0 aliphatic heterocycles. The highest BCUT2D eigenvalue weighted by molar-refractivity contribution is 5.28. The average molecular weight is 121 g/mol. The second kappa shape index (κ2) is 2.53. The van der Waals surface area contributed by atoms with Crippen molar-refractivity contribution in [1.82, 2.24) is 0 Å². The van der Waals surface area contributed by atoms with Gasteiger partial charge in [0.05, 0.1) is 0 Å².